The highest BCUT2D eigenvalue weighted by Crippen LogP contribution is 2.26. The van der Waals surface area contributed by atoms with Crippen LogP contribution < -0.4 is 5.32 Å². The van der Waals surface area contributed by atoms with Crippen LogP contribution in [-0.4, -0.2) is 40.8 Å². The minimum atomic E-state index is -1.43. The predicted molar refractivity (Wildman–Crippen MR) is 114 cm³/mol. The molecule has 11 heteroatoms. The monoisotopic (exact) mass is 455 g/mol. The summed E-state index contributed by atoms with van der Waals surface area (Å²) >= 11 is 1.00. The summed E-state index contributed by atoms with van der Waals surface area (Å²) in [6, 6.07) is 18.3. The molecule has 0 atom stereocenters. The number of carbonyl (C=O) groups is 3. The van der Waals surface area contributed by atoms with Gasteiger partial charge in [0.15, 0.2) is 11.2 Å². The molecule has 0 aliphatic carbocycles. The molecule has 0 bridgehead atoms. The number of anilines is 1. The van der Waals surface area contributed by atoms with Crippen molar-refractivity contribution in [1.82, 2.24) is 4.98 Å². The van der Waals surface area contributed by atoms with Crippen molar-refractivity contribution in [1.29, 1.82) is 0 Å². The second-order valence-electron chi connectivity index (χ2n) is 6.07. The number of nitrogens with zero attached hydrogens (tertiary/aromatic N) is 2. The van der Waals surface area contributed by atoms with Gasteiger partial charge in [0.25, 0.3) is 0 Å². The average Bonchev–Trinajstić information content (AvgIpc) is 3.26. The summed E-state index contributed by atoms with van der Waals surface area (Å²) in [4.78, 5) is 52.8. The molecule has 1 amide bonds. The largest absolute Gasteiger partial charge is 0.476 e. The first-order valence-corrected chi connectivity index (χ1v) is 10.0. The number of hydrogen-bond donors (Lipinski definition) is 2. The van der Waals surface area contributed by atoms with Gasteiger partial charge in [-0.1, -0.05) is 65.8 Å². The van der Waals surface area contributed by atoms with E-state index in [0.717, 1.165) is 22.5 Å². The minimum absolute atomic E-state index is 0.0373. The fourth-order valence-electron chi connectivity index (χ4n) is 2.53. The number of benzene rings is 2. The third kappa shape index (κ3) is 6.20. The Morgan fingerprint density at radius 3 is 2.28 bits per heavy atom. The van der Waals surface area contributed by atoms with Crippen LogP contribution in [0.1, 0.15) is 22.9 Å². The maximum Gasteiger partial charge on any atom is 0.382 e. The molecule has 0 saturated heterocycles. The topological polar surface area (TPSA) is 136 Å². The summed E-state index contributed by atoms with van der Waals surface area (Å²) in [5, 5.41) is 16.6. The molecule has 10 nitrogen and oxygen atoms in total. The van der Waals surface area contributed by atoms with Gasteiger partial charge < -0.3 is 15.3 Å². The zero-order valence-corrected chi connectivity index (χ0v) is 17.2. The van der Waals surface area contributed by atoms with E-state index in [9.17, 15) is 19.5 Å². The molecular formula is C21H17N3O7S. The van der Waals surface area contributed by atoms with Gasteiger partial charge in [0.2, 0.25) is 18.7 Å². The van der Waals surface area contributed by atoms with Gasteiger partial charge in [-0.05, 0) is 11.1 Å². The molecule has 3 rings (SSSR count). The van der Waals surface area contributed by atoms with E-state index in [1.807, 2.05) is 60.7 Å². The Hall–Kier alpha value is -4.09. The Kier molecular flexibility index (Phi) is 8.01. The first-order chi connectivity index (χ1) is 15.6. The molecule has 0 aliphatic rings. The second kappa shape index (κ2) is 11.3. The Morgan fingerprint density at radius 2 is 1.72 bits per heavy atom. The van der Waals surface area contributed by atoms with Crippen LogP contribution in [0.25, 0.3) is 0 Å². The maximum absolute atomic E-state index is 12.0. The SMILES string of the molecule is O=CNc1nc(C(=NOCC(=O)OOC(c2ccccc2)c2ccccc2)C(=O)O)cs1. The summed E-state index contributed by atoms with van der Waals surface area (Å²) in [5.74, 6) is -2.34. The number of aromatic nitrogens is 1. The molecule has 2 N–H and O–H groups in total. The molecule has 164 valence electrons. The number of hydrogen-bond acceptors (Lipinski definition) is 9. The number of aliphatic carboxylic acids is 1. The molecule has 0 aliphatic heterocycles. The lowest BCUT2D eigenvalue weighted by molar-refractivity contribution is -0.294. The zero-order valence-electron chi connectivity index (χ0n) is 16.4. The van der Waals surface area contributed by atoms with Gasteiger partial charge in [-0.15, -0.1) is 11.3 Å². The van der Waals surface area contributed by atoms with E-state index >= 15 is 0 Å². The van der Waals surface area contributed by atoms with Crippen molar-refractivity contribution >= 4 is 40.5 Å². The van der Waals surface area contributed by atoms with E-state index in [1.165, 1.54) is 5.38 Å². The molecule has 0 spiro atoms. The lowest BCUT2D eigenvalue weighted by Crippen LogP contribution is -2.18. The fraction of sp³-hybridized carbons (Fsp3) is 0.0952. The maximum atomic E-state index is 12.0. The highest BCUT2D eigenvalue weighted by Gasteiger charge is 2.20. The normalized spacial score (nSPS) is 11.1. The first-order valence-electron chi connectivity index (χ1n) is 9.14. The van der Waals surface area contributed by atoms with E-state index in [1.54, 1.807) is 0 Å². The van der Waals surface area contributed by atoms with Crippen molar-refractivity contribution in [3.8, 4) is 0 Å². The van der Waals surface area contributed by atoms with Gasteiger partial charge in [-0.2, -0.15) is 4.89 Å². The number of carbonyl (C=O) groups excluding carboxylic acids is 2. The lowest BCUT2D eigenvalue weighted by Gasteiger charge is -2.16. The Bertz CT molecular complexity index is 1050. The predicted octanol–water partition coefficient (Wildman–Crippen LogP) is 2.78. The van der Waals surface area contributed by atoms with Crippen molar-refractivity contribution in [2.75, 3.05) is 11.9 Å². The zero-order chi connectivity index (χ0) is 22.8. The number of thiazole rings is 1. The van der Waals surface area contributed by atoms with Crippen LogP contribution in [0.5, 0.6) is 0 Å². The van der Waals surface area contributed by atoms with Crippen LogP contribution in [0.2, 0.25) is 0 Å². The average molecular weight is 455 g/mol. The van der Waals surface area contributed by atoms with Gasteiger partial charge in [0.05, 0.1) is 0 Å². The van der Waals surface area contributed by atoms with Gasteiger partial charge in [0, 0.05) is 5.38 Å². The summed E-state index contributed by atoms with van der Waals surface area (Å²) in [6.45, 7) is -0.698. The standard InChI is InChI=1S/C21H17N3O7S/c25-13-22-21-23-16(12-32-21)18(20(27)28)24-29-11-17(26)30-31-19(14-7-3-1-4-8-14)15-9-5-2-6-10-15/h1-10,12-13,19H,11H2,(H,27,28)(H,22,23,25). The highest BCUT2D eigenvalue weighted by molar-refractivity contribution is 7.14. The number of nitrogens with one attached hydrogen (secondary N) is 1. The van der Waals surface area contributed by atoms with Crippen LogP contribution in [0.15, 0.2) is 71.2 Å². The van der Waals surface area contributed by atoms with E-state index in [0.29, 0.717) is 6.41 Å². The third-order valence-corrected chi connectivity index (χ3v) is 4.69. The lowest BCUT2D eigenvalue weighted by atomic mass is 10.0. The molecule has 0 unspecified atom stereocenters. The second-order valence-corrected chi connectivity index (χ2v) is 6.93. The molecule has 0 fully saturated rings. The summed E-state index contributed by atoms with van der Waals surface area (Å²) in [5.41, 5.74) is 0.953. The summed E-state index contributed by atoms with van der Waals surface area (Å²) in [7, 11) is 0. The highest BCUT2D eigenvalue weighted by atomic mass is 32.1. The smallest absolute Gasteiger partial charge is 0.382 e. The van der Waals surface area contributed by atoms with Crippen molar-refractivity contribution in [2.45, 2.75) is 6.10 Å². The molecule has 0 radical (unpaired) electrons. The van der Waals surface area contributed by atoms with Crippen molar-refractivity contribution in [3.05, 3.63) is 82.9 Å². The molecule has 32 heavy (non-hydrogen) atoms. The van der Waals surface area contributed by atoms with E-state index < -0.39 is 30.4 Å². The van der Waals surface area contributed by atoms with Gasteiger partial charge in [-0.25, -0.2) is 14.6 Å². The van der Waals surface area contributed by atoms with Crippen LogP contribution in [-0.2, 0) is 29.0 Å². The number of amides is 1. The van der Waals surface area contributed by atoms with Crippen LogP contribution >= 0.6 is 11.3 Å². The molecule has 0 saturated carbocycles. The summed E-state index contributed by atoms with van der Waals surface area (Å²) < 4.78 is 0. The first kappa shape index (κ1) is 22.6. The van der Waals surface area contributed by atoms with Crippen LogP contribution in [0.3, 0.4) is 0 Å². The fourth-order valence-corrected chi connectivity index (χ4v) is 3.18. The minimum Gasteiger partial charge on any atom is -0.476 e. The molecule has 1 heterocycles. The molecule has 3 aromatic rings. The Labute approximate surface area is 186 Å². The Morgan fingerprint density at radius 1 is 1.09 bits per heavy atom. The number of rotatable bonds is 11. The van der Waals surface area contributed by atoms with Gasteiger partial charge >= 0.3 is 11.9 Å². The molecule has 2 aromatic carbocycles. The van der Waals surface area contributed by atoms with E-state index in [2.05, 4.69) is 15.5 Å². The van der Waals surface area contributed by atoms with Crippen molar-refractivity contribution < 1.29 is 34.1 Å². The summed E-state index contributed by atoms with van der Waals surface area (Å²) in [6.07, 6.45) is -0.261. The molecular weight excluding hydrogens is 438 g/mol. The third-order valence-electron chi connectivity index (χ3n) is 3.91. The van der Waals surface area contributed by atoms with Crippen molar-refractivity contribution in [3.63, 3.8) is 0 Å². The number of oxime groups is 1. The number of carboxylic acid groups (broad SMARTS) is 1. The van der Waals surface area contributed by atoms with Crippen LogP contribution in [0, 0.1) is 0 Å². The number of carboxylic acids is 1. The van der Waals surface area contributed by atoms with Gasteiger partial charge in [0.1, 0.15) is 5.69 Å². The Balaban J connectivity index is 1.61. The quantitative estimate of drug-likeness (QED) is 0.195. The molecule has 1 aromatic heterocycles. The van der Waals surface area contributed by atoms with Gasteiger partial charge in [-0.3, -0.25) is 9.68 Å². The van der Waals surface area contributed by atoms with Crippen molar-refractivity contribution in [2.24, 2.45) is 5.16 Å². The van der Waals surface area contributed by atoms with E-state index in [4.69, 9.17) is 14.6 Å². The van der Waals surface area contributed by atoms with E-state index in [-0.39, 0.29) is 10.8 Å². The van der Waals surface area contributed by atoms with Crippen LogP contribution in [0.4, 0.5) is 5.13 Å².